The zero-order valence-electron chi connectivity index (χ0n) is 10.9. The largest absolute Gasteiger partial charge is 0.336 e. The second kappa shape index (κ2) is 6.49. The molecule has 3 rings (SSSR count). The van der Waals surface area contributed by atoms with Crippen LogP contribution in [0.15, 0.2) is 37.1 Å². The third-order valence-corrected chi connectivity index (χ3v) is 3.17. The number of piperazine rings is 1. The molecule has 0 aliphatic carbocycles. The Balaban J connectivity index is 0.00000147. The molecule has 1 amide bonds. The molecule has 0 atom stereocenters. The fraction of sp³-hybridized carbons (Fsp3) is 0.308. The van der Waals surface area contributed by atoms with E-state index in [9.17, 15) is 4.79 Å². The molecule has 1 aliphatic rings. The summed E-state index contributed by atoms with van der Waals surface area (Å²) in [6.45, 7) is 3.21. The minimum absolute atomic E-state index is 0. The van der Waals surface area contributed by atoms with E-state index in [1.807, 2.05) is 23.2 Å². The van der Waals surface area contributed by atoms with Crippen molar-refractivity contribution in [3.63, 3.8) is 0 Å². The van der Waals surface area contributed by atoms with Gasteiger partial charge in [0.05, 0.1) is 5.56 Å². The summed E-state index contributed by atoms with van der Waals surface area (Å²) < 4.78 is 1.80. The van der Waals surface area contributed by atoms with Gasteiger partial charge in [-0.1, -0.05) is 0 Å². The summed E-state index contributed by atoms with van der Waals surface area (Å²) in [6.07, 6.45) is 6.82. The second-order valence-corrected chi connectivity index (χ2v) is 4.42. The van der Waals surface area contributed by atoms with Gasteiger partial charge in [-0.3, -0.25) is 9.36 Å². The number of rotatable bonds is 2. The van der Waals surface area contributed by atoms with Gasteiger partial charge in [0, 0.05) is 44.8 Å². The van der Waals surface area contributed by atoms with Crippen LogP contribution in [0.1, 0.15) is 10.4 Å². The van der Waals surface area contributed by atoms with Gasteiger partial charge in [-0.05, 0) is 12.1 Å². The molecule has 6 nitrogen and oxygen atoms in total. The molecule has 106 valence electrons. The first-order valence-corrected chi connectivity index (χ1v) is 6.29. The van der Waals surface area contributed by atoms with Crippen LogP contribution in [0.2, 0.25) is 0 Å². The maximum absolute atomic E-state index is 12.2. The summed E-state index contributed by atoms with van der Waals surface area (Å²) in [5.41, 5.74) is 0.630. The van der Waals surface area contributed by atoms with Crippen LogP contribution in [0, 0.1) is 0 Å². The van der Waals surface area contributed by atoms with Crippen molar-refractivity contribution >= 4 is 18.3 Å². The molecule has 0 unspecified atom stereocenters. The van der Waals surface area contributed by atoms with Gasteiger partial charge in [-0.15, -0.1) is 12.4 Å². The lowest BCUT2D eigenvalue weighted by atomic mass is 10.2. The molecule has 1 fully saturated rings. The number of nitrogens with zero attached hydrogens (tertiary/aromatic N) is 4. The van der Waals surface area contributed by atoms with Crippen LogP contribution in [-0.4, -0.2) is 51.5 Å². The van der Waals surface area contributed by atoms with E-state index < -0.39 is 0 Å². The molecule has 3 heterocycles. The van der Waals surface area contributed by atoms with Gasteiger partial charge in [0.25, 0.3) is 5.91 Å². The number of carbonyl (C=O) groups is 1. The lowest BCUT2D eigenvalue weighted by Gasteiger charge is -2.27. The molecule has 1 N–H and O–H groups in total. The van der Waals surface area contributed by atoms with Gasteiger partial charge in [0.15, 0.2) is 0 Å². The highest BCUT2D eigenvalue weighted by molar-refractivity contribution is 5.94. The highest BCUT2D eigenvalue weighted by Crippen LogP contribution is 2.08. The van der Waals surface area contributed by atoms with Crippen molar-refractivity contribution in [2.45, 2.75) is 0 Å². The van der Waals surface area contributed by atoms with Crippen molar-refractivity contribution in [2.24, 2.45) is 0 Å². The Morgan fingerprint density at radius 2 is 2.05 bits per heavy atom. The van der Waals surface area contributed by atoms with Crippen molar-refractivity contribution in [3.05, 3.63) is 42.6 Å². The third-order valence-electron chi connectivity index (χ3n) is 3.17. The number of hydrogen-bond donors (Lipinski definition) is 1. The fourth-order valence-corrected chi connectivity index (χ4v) is 2.11. The molecule has 1 aliphatic heterocycles. The van der Waals surface area contributed by atoms with Crippen LogP contribution < -0.4 is 5.32 Å². The first kappa shape index (κ1) is 14.5. The first-order valence-electron chi connectivity index (χ1n) is 6.29. The number of imidazole rings is 1. The molecule has 0 aromatic carbocycles. The molecule has 0 saturated carbocycles. The molecule has 2 aromatic heterocycles. The lowest BCUT2D eigenvalue weighted by Crippen LogP contribution is -2.46. The fourth-order valence-electron chi connectivity index (χ4n) is 2.11. The Kier molecular flexibility index (Phi) is 4.70. The number of halogens is 1. The van der Waals surface area contributed by atoms with Gasteiger partial charge in [-0.25, -0.2) is 9.97 Å². The van der Waals surface area contributed by atoms with Gasteiger partial charge in [0.2, 0.25) is 0 Å². The Labute approximate surface area is 123 Å². The van der Waals surface area contributed by atoms with E-state index >= 15 is 0 Å². The van der Waals surface area contributed by atoms with Crippen LogP contribution >= 0.6 is 12.4 Å². The molecular formula is C13H16ClN5O. The predicted octanol–water partition coefficient (Wildman–Crippen LogP) is 0.734. The number of hydrogen-bond acceptors (Lipinski definition) is 4. The molecule has 0 spiro atoms. The molecule has 20 heavy (non-hydrogen) atoms. The zero-order chi connectivity index (χ0) is 13.1. The van der Waals surface area contributed by atoms with Crippen molar-refractivity contribution in [1.82, 2.24) is 24.8 Å². The van der Waals surface area contributed by atoms with Gasteiger partial charge < -0.3 is 10.2 Å². The van der Waals surface area contributed by atoms with E-state index in [1.54, 1.807) is 23.3 Å². The van der Waals surface area contributed by atoms with Crippen LogP contribution in [0.4, 0.5) is 0 Å². The highest BCUT2D eigenvalue weighted by atomic mass is 35.5. The average molecular weight is 294 g/mol. The molecule has 2 aromatic rings. The Bertz CT molecular complexity index is 549. The zero-order valence-corrected chi connectivity index (χ0v) is 11.7. The average Bonchev–Trinajstić information content (AvgIpc) is 3.02. The maximum atomic E-state index is 12.2. The molecule has 0 bridgehead atoms. The van der Waals surface area contributed by atoms with E-state index in [4.69, 9.17) is 0 Å². The molecule has 7 heteroatoms. The summed E-state index contributed by atoms with van der Waals surface area (Å²) in [7, 11) is 0. The Morgan fingerprint density at radius 1 is 1.25 bits per heavy atom. The van der Waals surface area contributed by atoms with Crippen LogP contribution in [0.5, 0.6) is 0 Å². The van der Waals surface area contributed by atoms with Crippen molar-refractivity contribution in [1.29, 1.82) is 0 Å². The van der Waals surface area contributed by atoms with Gasteiger partial charge in [0.1, 0.15) is 12.1 Å². The van der Waals surface area contributed by atoms with E-state index in [0.717, 1.165) is 32.0 Å². The summed E-state index contributed by atoms with van der Waals surface area (Å²) in [6, 6.07) is 3.64. The standard InChI is InChI=1S/C13H15N5O.ClH/c19-13(17-6-3-14-4-7-17)11-1-2-12(16-9-11)18-8-5-15-10-18;/h1-2,5,8-10,14H,3-4,6-7H2;1H. The number of nitrogens with one attached hydrogen (secondary N) is 1. The van der Waals surface area contributed by atoms with Gasteiger partial charge in [-0.2, -0.15) is 0 Å². The summed E-state index contributed by atoms with van der Waals surface area (Å²) >= 11 is 0. The molecule has 0 radical (unpaired) electrons. The Morgan fingerprint density at radius 3 is 2.65 bits per heavy atom. The van der Waals surface area contributed by atoms with Crippen LogP contribution in [0.3, 0.4) is 0 Å². The highest BCUT2D eigenvalue weighted by Gasteiger charge is 2.18. The normalized spacial score (nSPS) is 14.7. The monoisotopic (exact) mass is 293 g/mol. The summed E-state index contributed by atoms with van der Waals surface area (Å²) in [4.78, 5) is 22.4. The summed E-state index contributed by atoms with van der Waals surface area (Å²) in [5, 5.41) is 3.23. The topological polar surface area (TPSA) is 63.1 Å². The molecule has 1 saturated heterocycles. The third kappa shape index (κ3) is 2.97. The minimum atomic E-state index is 0. The van der Waals surface area contributed by atoms with E-state index in [1.165, 1.54) is 0 Å². The Hall–Kier alpha value is -1.92. The van der Waals surface area contributed by atoms with E-state index in [0.29, 0.717) is 5.56 Å². The predicted molar refractivity (Wildman–Crippen MR) is 77.4 cm³/mol. The lowest BCUT2D eigenvalue weighted by molar-refractivity contribution is 0.0735. The molecular weight excluding hydrogens is 278 g/mol. The number of pyridine rings is 1. The van der Waals surface area contributed by atoms with Crippen molar-refractivity contribution < 1.29 is 4.79 Å². The number of aromatic nitrogens is 3. The number of carbonyl (C=O) groups excluding carboxylic acids is 1. The van der Waals surface area contributed by atoms with Gasteiger partial charge >= 0.3 is 0 Å². The number of amides is 1. The van der Waals surface area contributed by atoms with Crippen LogP contribution in [-0.2, 0) is 0 Å². The summed E-state index contributed by atoms with van der Waals surface area (Å²) in [5.74, 6) is 0.806. The second-order valence-electron chi connectivity index (χ2n) is 4.42. The minimum Gasteiger partial charge on any atom is -0.336 e. The SMILES string of the molecule is Cl.O=C(c1ccc(-n2ccnc2)nc1)N1CCNCC1. The van der Waals surface area contributed by atoms with Crippen LogP contribution in [0.25, 0.3) is 5.82 Å². The van der Waals surface area contributed by atoms with E-state index in [2.05, 4.69) is 15.3 Å². The maximum Gasteiger partial charge on any atom is 0.255 e. The van der Waals surface area contributed by atoms with E-state index in [-0.39, 0.29) is 18.3 Å². The van der Waals surface area contributed by atoms with Crippen molar-refractivity contribution in [3.8, 4) is 5.82 Å². The first-order chi connectivity index (χ1) is 9.34. The van der Waals surface area contributed by atoms with Crippen molar-refractivity contribution in [2.75, 3.05) is 26.2 Å². The quantitative estimate of drug-likeness (QED) is 0.887. The smallest absolute Gasteiger partial charge is 0.255 e.